The van der Waals surface area contributed by atoms with Gasteiger partial charge in [-0.1, -0.05) is 194 Å². The van der Waals surface area contributed by atoms with E-state index in [-0.39, 0.29) is 12.3 Å². The lowest BCUT2D eigenvalue weighted by Crippen LogP contribution is -2.44. The third-order valence-electron chi connectivity index (χ3n) is 11.7. The van der Waals surface area contributed by atoms with Gasteiger partial charge in [-0.25, -0.2) is 9.98 Å². The standard InChI is InChI=1S/C56H41N5/c1-4-15-38(16-5-1)39-29-33-42(34-30-39)54-58-53(41-17-6-2-7-18-41)59-55(60-54)45-20-12-19-44(37-45)48-24-14-25-49-47(23-13-26-50(48)49)40-31-35-43(36-32-40)56-57-51-27-10-11-28-52(51)61(56)46-21-8-3-9-22-46/h1-37,54-55,60H,(H,58,59). The highest BCUT2D eigenvalue weighted by Gasteiger charge is 2.26. The zero-order chi connectivity index (χ0) is 40.5. The van der Waals surface area contributed by atoms with Crippen molar-refractivity contribution in [2.24, 2.45) is 4.99 Å². The van der Waals surface area contributed by atoms with Crippen LogP contribution in [0, 0.1) is 0 Å². The Bertz CT molecular complexity index is 3170. The average molecular weight is 784 g/mol. The summed E-state index contributed by atoms with van der Waals surface area (Å²) in [6.07, 6.45) is -0.413. The number of fused-ring (bicyclic) bond motifs is 2. The predicted octanol–water partition coefficient (Wildman–Crippen LogP) is 13.2. The van der Waals surface area contributed by atoms with Crippen molar-refractivity contribution in [3.05, 3.63) is 241 Å². The number of aliphatic imine (C=N–C) groups is 1. The van der Waals surface area contributed by atoms with Gasteiger partial charge in [-0.2, -0.15) is 0 Å². The molecule has 1 aliphatic heterocycles. The molecule has 5 nitrogen and oxygen atoms in total. The molecule has 0 bridgehead atoms. The Morgan fingerprint density at radius 1 is 0.410 bits per heavy atom. The van der Waals surface area contributed by atoms with Gasteiger partial charge in [0.1, 0.15) is 24.0 Å². The fourth-order valence-electron chi connectivity index (χ4n) is 8.69. The molecular formula is C56H41N5. The summed E-state index contributed by atoms with van der Waals surface area (Å²) in [6, 6.07) is 79.5. The maximum absolute atomic E-state index is 5.27. The minimum atomic E-state index is -0.269. The molecule has 2 heterocycles. The normalized spacial score (nSPS) is 15.0. The quantitative estimate of drug-likeness (QED) is 0.161. The fourth-order valence-corrected chi connectivity index (χ4v) is 8.69. The maximum Gasteiger partial charge on any atom is 0.145 e. The molecule has 0 fully saturated rings. The number of nitrogens with one attached hydrogen (secondary N) is 2. The van der Waals surface area contributed by atoms with Crippen LogP contribution >= 0.6 is 0 Å². The molecule has 9 aromatic carbocycles. The summed E-state index contributed by atoms with van der Waals surface area (Å²) in [6.45, 7) is 0. The van der Waals surface area contributed by atoms with Crippen LogP contribution in [0.25, 0.3) is 72.3 Å². The number of aromatic nitrogens is 2. The zero-order valence-corrected chi connectivity index (χ0v) is 33.4. The molecule has 2 N–H and O–H groups in total. The average Bonchev–Trinajstić information content (AvgIpc) is 3.74. The first kappa shape index (κ1) is 36.2. The number of hydrogen-bond acceptors (Lipinski definition) is 4. The van der Waals surface area contributed by atoms with E-state index in [4.69, 9.17) is 9.98 Å². The van der Waals surface area contributed by atoms with Crippen molar-refractivity contribution in [1.29, 1.82) is 0 Å². The number of benzene rings is 9. The van der Waals surface area contributed by atoms with Crippen LogP contribution in [0.2, 0.25) is 0 Å². The van der Waals surface area contributed by atoms with Crippen LogP contribution in [-0.2, 0) is 0 Å². The minimum Gasteiger partial charge on any atom is -0.350 e. The molecule has 0 radical (unpaired) electrons. The van der Waals surface area contributed by atoms with E-state index in [1.165, 1.54) is 33.0 Å². The summed E-state index contributed by atoms with van der Waals surface area (Å²) < 4.78 is 2.25. The largest absolute Gasteiger partial charge is 0.350 e. The van der Waals surface area contributed by atoms with E-state index in [0.29, 0.717) is 0 Å². The Balaban J connectivity index is 0.925. The summed E-state index contributed by atoms with van der Waals surface area (Å²) in [7, 11) is 0. The van der Waals surface area contributed by atoms with Gasteiger partial charge in [0, 0.05) is 16.8 Å². The van der Waals surface area contributed by atoms with Crippen molar-refractivity contribution in [2.45, 2.75) is 12.3 Å². The predicted molar refractivity (Wildman–Crippen MR) is 251 cm³/mol. The summed E-state index contributed by atoms with van der Waals surface area (Å²) in [5.41, 5.74) is 14.6. The van der Waals surface area contributed by atoms with Crippen molar-refractivity contribution in [2.75, 3.05) is 0 Å². The molecule has 0 spiro atoms. The molecule has 10 aromatic rings. The van der Waals surface area contributed by atoms with E-state index < -0.39 is 0 Å². The van der Waals surface area contributed by atoms with Crippen molar-refractivity contribution >= 4 is 27.6 Å². The number of hydrogen-bond donors (Lipinski definition) is 2. The molecule has 2 unspecified atom stereocenters. The van der Waals surface area contributed by atoms with Gasteiger partial charge in [-0.15, -0.1) is 0 Å². The maximum atomic E-state index is 5.27. The molecule has 0 amide bonds. The number of amidine groups is 1. The van der Waals surface area contributed by atoms with E-state index in [9.17, 15) is 0 Å². The molecule has 0 saturated heterocycles. The Hall–Kier alpha value is -7.86. The lowest BCUT2D eigenvalue weighted by Gasteiger charge is -2.32. The molecular weight excluding hydrogens is 743 g/mol. The third-order valence-corrected chi connectivity index (χ3v) is 11.7. The van der Waals surface area contributed by atoms with Crippen molar-refractivity contribution in [3.8, 4) is 50.5 Å². The molecule has 1 aliphatic rings. The highest BCUT2D eigenvalue weighted by atomic mass is 15.3. The molecule has 290 valence electrons. The Morgan fingerprint density at radius 3 is 1.69 bits per heavy atom. The Kier molecular flexibility index (Phi) is 9.34. The lowest BCUT2D eigenvalue weighted by molar-refractivity contribution is 0.409. The van der Waals surface area contributed by atoms with Crippen LogP contribution in [0.3, 0.4) is 0 Å². The van der Waals surface area contributed by atoms with Gasteiger partial charge in [-0.3, -0.25) is 9.88 Å². The van der Waals surface area contributed by atoms with Crippen molar-refractivity contribution in [3.63, 3.8) is 0 Å². The van der Waals surface area contributed by atoms with Gasteiger partial charge in [0.15, 0.2) is 0 Å². The van der Waals surface area contributed by atoms with E-state index in [1.54, 1.807) is 0 Å². The van der Waals surface area contributed by atoms with Crippen LogP contribution in [-0.4, -0.2) is 15.4 Å². The van der Waals surface area contributed by atoms with Crippen LogP contribution in [0.1, 0.15) is 29.0 Å². The summed E-state index contributed by atoms with van der Waals surface area (Å²) in [5.74, 6) is 1.79. The van der Waals surface area contributed by atoms with Gasteiger partial charge in [0.05, 0.1) is 11.0 Å². The monoisotopic (exact) mass is 783 g/mol. The van der Waals surface area contributed by atoms with Crippen molar-refractivity contribution < 1.29 is 0 Å². The molecule has 1 aromatic heterocycles. The van der Waals surface area contributed by atoms with E-state index in [0.717, 1.165) is 61.8 Å². The Morgan fingerprint density at radius 2 is 0.967 bits per heavy atom. The first-order valence-electron chi connectivity index (χ1n) is 20.8. The second-order valence-electron chi connectivity index (χ2n) is 15.5. The highest BCUT2D eigenvalue weighted by molar-refractivity contribution is 6.04. The van der Waals surface area contributed by atoms with Gasteiger partial charge >= 0.3 is 0 Å². The number of rotatable bonds is 8. The first-order chi connectivity index (χ1) is 30.2. The zero-order valence-electron chi connectivity index (χ0n) is 33.4. The highest BCUT2D eigenvalue weighted by Crippen LogP contribution is 2.38. The number of imidazole rings is 1. The van der Waals surface area contributed by atoms with E-state index in [2.05, 4.69) is 221 Å². The van der Waals surface area contributed by atoms with Gasteiger partial charge in [0.25, 0.3) is 0 Å². The summed E-state index contributed by atoms with van der Waals surface area (Å²) in [5, 5.41) is 9.93. The summed E-state index contributed by atoms with van der Waals surface area (Å²) >= 11 is 0. The van der Waals surface area contributed by atoms with Gasteiger partial charge in [-0.05, 0) is 85.6 Å². The second-order valence-corrected chi connectivity index (χ2v) is 15.5. The molecule has 61 heavy (non-hydrogen) atoms. The molecule has 0 aliphatic carbocycles. The van der Waals surface area contributed by atoms with Crippen LogP contribution < -0.4 is 10.6 Å². The van der Waals surface area contributed by atoms with Gasteiger partial charge < -0.3 is 5.32 Å². The first-order valence-corrected chi connectivity index (χ1v) is 20.8. The van der Waals surface area contributed by atoms with Crippen LogP contribution in [0.15, 0.2) is 229 Å². The second kappa shape index (κ2) is 15.7. The SMILES string of the molecule is c1ccc(C2=NC(c3cccc(-c4cccc5c(-c6ccc(-c7nc8ccccc8n7-c7ccccc7)cc6)cccc45)c3)NC(c3ccc(-c4ccccc4)cc3)N2)cc1. The summed E-state index contributed by atoms with van der Waals surface area (Å²) in [4.78, 5) is 10.4. The molecule has 5 heteroatoms. The smallest absolute Gasteiger partial charge is 0.145 e. The van der Waals surface area contributed by atoms with E-state index >= 15 is 0 Å². The topological polar surface area (TPSA) is 54.2 Å². The van der Waals surface area contributed by atoms with Crippen LogP contribution in [0.4, 0.5) is 0 Å². The number of para-hydroxylation sites is 3. The van der Waals surface area contributed by atoms with Crippen LogP contribution in [0.5, 0.6) is 0 Å². The molecule has 2 atom stereocenters. The fraction of sp³-hybridized carbons (Fsp3) is 0.0357. The molecule has 11 rings (SSSR count). The van der Waals surface area contributed by atoms with Crippen molar-refractivity contribution in [1.82, 2.24) is 20.2 Å². The molecule has 0 saturated carbocycles. The lowest BCUT2D eigenvalue weighted by atomic mass is 9.92. The number of nitrogens with zero attached hydrogens (tertiary/aromatic N) is 3. The Labute approximate surface area is 355 Å². The minimum absolute atomic E-state index is 0.143. The van der Waals surface area contributed by atoms with Gasteiger partial charge in [0.2, 0.25) is 0 Å². The van der Waals surface area contributed by atoms with E-state index in [1.807, 2.05) is 18.2 Å². The third kappa shape index (κ3) is 6.97.